The van der Waals surface area contributed by atoms with Gasteiger partial charge in [0, 0.05) is 43.0 Å². The fourth-order valence-corrected chi connectivity index (χ4v) is 11.6. The molecule has 0 amide bonds. The first-order valence-electron chi connectivity index (χ1n) is 20.3. The maximum Gasteiger partial charge on any atom is 0.349 e. The van der Waals surface area contributed by atoms with Crippen LogP contribution in [0.25, 0.3) is 10.9 Å². The Morgan fingerprint density at radius 1 is 1.00 bits per heavy atom. The molecule has 2 aliphatic carbocycles. The summed E-state index contributed by atoms with van der Waals surface area (Å²) in [5, 5.41) is 30.4. The van der Waals surface area contributed by atoms with Gasteiger partial charge in [0.2, 0.25) is 11.2 Å². The molecule has 13 heteroatoms. The molecule has 58 heavy (non-hydrogen) atoms. The number of fused-ring (bicyclic) bond motifs is 3. The minimum absolute atomic E-state index is 0.00258. The van der Waals surface area contributed by atoms with Crippen LogP contribution in [0.3, 0.4) is 0 Å². The van der Waals surface area contributed by atoms with Gasteiger partial charge < -0.3 is 39.3 Å². The number of aliphatic hydroxyl groups is 1. The number of esters is 1. The molecule has 0 aliphatic heterocycles. The Morgan fingerprint density at radius 3 is 2.36 bits per heavy atom. The Hall–Kier alpha value is -3.82. The lowest BCUT2D eigenvalue weighted by atomic mass is 9.96. The van der Waals surface area contributed by atoms with Gasteiger partial charge in [-0.05, 0) is 115 Å². The van der Waals surface area contributed by atoms with Crippen molar-refractivity contribution in [1.29, 1.82) is 0 Å². The molecule has 3 heterocycles. The summed E-state index contributed by atoms with van der Waals surface area (Å²) < 4.78 is 19.3. The van der Waals surface area contributed by atoms with Crippen molar-refractivity contribution in [3.05, 3.63) is 115 Å². The number of phenolic OH excluding ortho intramolecular Hbond substituents is 1. The van der Waals surface area contributed by atoms with Crippen molar-refractivity contribution in [2.24, 2.45) is 11.8 Å². The first kappa shape index (κ1) is 42.3. The predicted octanol–water partition coefficient (Wildman–Crippen LogP) is 8.56. The zero-order chi connectivity index (χ0) is 41.2. The molecule has 4 N–H and O–H groups in total. The van der Waals surface area contributed by atoms with E-state index in [0.717, 1.165) is 54.5 Å². The minimum Gasteiger partial charge on any atom is -0.506 e. The number of hydrogen-bond acceptors (Lipinski definition) is 11. The Labute approximate surface area is 350 Å². The van der Waals surface area contributed by atoms with Crippen LogP contribution < -0.4 is 15.6 Å². The van der Waals surface area contributed by atoms with Crippen molar-refractivity contribution in [3.8, 4) is 11.5 Å². The van der Waals surface area contributed by atoms with Crippen LogP contribution in [-0.4, -0.2) is 73.3 Å². The molecule has 2 aromatic carbocycles. The summed E-state index contributed by atoms with van der Waals surface area (Å²) >= 11 is 2.73. The second kappa shape index (κ2) is 17.4. The third-order valence-corrected chi connectivity index (χ3v) is 19.1. The van der Waals surface area contributed by atoms with Crippen LogP contribution in [0.15, 0.2) is 88.4 Å². The van der Waals surface area contributed by atoms with E-state index in [-0.39, 0.29) is 34.5 Å². The first-order valence-corrected chi connectivity index (χ1v) is 25.0. The highest BCUT2D eigenvalue weighted by Crippen LogP contribution is 2.49. The molecule has 2 fully saturated rings. The third-order valence-electron chi connectivity index (χ3n) is 12.6. The Morgan fingerprint density at radius 2 is 1.71 bits per heavy atom. The number of hydrogen-bond donors (Lipinski definition) is 4. The SMILES string of the molecule is CN(CCCOc1ccc(CNC[C@H](O[Si](C)(C)C(C)(C)C)c2ccc(O)c3[nH]c(=O)ccc23)cc1)C1C2CCC1C(OC(=O)C(O)(c1cccs1)c1cccs1)C2. The van der Waals surface area contributed by atoms with Crippen LogP contribution in [-0.2, 0) is 26.1 Å². The van der Waals surface area contributed by atoms with Gasteiger partial charge in [0.05, 0.1) is 28.0 Å². The summed E-state index contributed by atoms with van der Waals surface area (Å²) in [6.45, 7) is 13.8. The van der Waals surface area contributed by atoms with Crippen LogP contribution in [0.5, 0.6) is 11.5 Å². The smallest absolute Gasteiger partial charge is 0.349 e. The van der Waals surface area contributed by atoms with Gasteiger partial charge in [0.1, 0.15) is 17.6 Å². The number of carbonyl (C=O) groups is 1. The standard InChI is InChI=1S/C45H57N3O7S2Si/c1-44(2,3)58(5,6)55-37(32-18-20-35(49)41-33(32)19-21-40(50)47-41)28-46-27-29-12-15-31(16-13-29)53-23-9-22-48(4)42-30-14-17-34(42)36(26-30)54-43(51)45(52,38-10-7-24-56-38)39-11-8-25-57-39/h7-8,10-13,15-16,18-21,24-25,30,34,36-37,42,46,49,52H,9,14,17,22-23,26-28H2,1-6H3,(H,47,50)/t30?,34?,36?,37-,42?/m0/s1. The quantitative estimate of drug-likeness (QED) is 0.0413. The number of aromatic nitrogens is 1. The van der Waals surface area contributed by atoms with Crippen LogP contribution in [0.2, 0.25) is 18.1 Å². The van der Waals surface area contributed by atoms with E-state index in [2.05, 4.69) is 68.2 Å². The largest absolute Gasteiger partial charge is 0.506 e. The summed E-state index contributed by atoms with van der Waals surface area (Å²) in [5.74, 6) is 0.998. The predicted molar refractivity (Wildman–Crippen MR) is 234 cm³/mol. The lowest BCUT2D eigenvalue weighted by Crippen LogP contribution is -2.43. The third kappa shape index (κ3) is 8.86. The van der Waals surface area contributed by atoms with Gasteiger partial charge in [0.15, 0.2) is 8.32 Å². The molecule has 310 valence electrons. The maximum absolute atomic E-state index is 13.7. The Balaban J connectivity index is 0.895. The fraction of sp³-hybridized carbons (Fsp3) is 0.467. The molecular weight excluding hydrogens is 787 g/mol. The van der Waals surface area contributed by atoms with Crippen molar-refractivity contribution in [2.45, 2.75) is 95.0 Å². The number of ether oxygens (including phenoxy) is 2. The molecule has 10 nitrogen and oxygen atoms in total. The second-order valence-corrected chi connectivity index (χ2v) is 24.1. The molecule has 0 radical (unpaired) electrons. The summed E-state index contributed by atoms with van der Waals surface area (Å²) in [6.07, 6.45) is 3.35. The van der Waals surface area contributed by atoms with Gasteiger partial charge in [-0.15, -0.1) is 22.7 Å². The lowest BCUT2D eigenvalue weighted by molar-refractivity contribution is -0.170. The van der Waals surface area contributed by atoms with E-state index in [1.807, 2.05) is 41.1 Å². The summed E-state index contributed by atoms with van der Waals surface area (Å²) in [5.41, 5.74) is 0.417. The molecule has 0 saturated heterocycles. The van der Waals surface area contributed by atoms with Crippen LogP contribution >= 0.6 is 22.7 Å². The zero-order valence-corrected chi connectivity index (χ0v) is 37.0. The van der Waals surface area contributed by atoms with Gasteiger partial charge in [-0.2, -0.15) is 0 Å². The van der Waals surface area contributed by atoms with Gasteiger partial charge in [-0.1, -0.05) is 51.1 Å². The van der Waals surface area contributed by atoms with Crippen LogP contribution in [0.1, 0.15) is 73.4 Å². The molecule has 7 rings (SSSR count). The van der Waals surface area contributed by atoms with Crippen LogP contribution in [0.4, 0.5) is 0 Å². The first-order chi connectivity index (χ1) is 27.7. The Bertz CT molecular complexity index is 2170. The fourth-order valence-electron chi connectivity index (χ4n) is 8.56. The highest BCUT2D eigenvalue weighted by molar-refractivity contribution is 7.12. The number of rotatable bonds is 17. The number of thiophene rings is 2. The number of aromatic hydroxyl groups is 1. The highest BCUT2D eigenvalue weighted by Gasteiger charge is 2.53. The van der Waals surface area contributed by atoms with Crippen molar-refractivity contribution in [3.63, 3.8) is 0 Å². The average Bonchev–Trinajstić information content (AvgIpc) is 4.03. The van der Waals surface area contributed by atoms with E-state index < -0.39 is 19.9 Å². The number of aromatic amines is 1. The lowest BCUT2D eigenvalue weighted by Gasteiger charge is -2.39. The van der Waals surface area contributed by atoms with Gasteiger partial charge >= 0.3 is 5.97 Å². The van der Waals surface area contributed by atoms with E-state index in [1.165, 1.54) is 28.7 Å². The normalized spacial score (nSPS) is 20.2. The number of nitrogens with one attached hydrogen (secondary N) is 2. The van der Waals surface area contributed by atoms with E-state index >= 15 is 0 Å². The molecule has 5 aromatic rings. The number of nitrogens with zero attached hydrogens (tertiary/aromatic N) is 1. The highest BCUT2D eigenvalue weighted by atomic mass is 32.1. The van der Waals surface area contributed by atoms with Gasteiger partial charge in [0.25, 0.3) is 0 Å². The summed E-state index contributed by atoms with van der Waals surface area (Å²) in [4.78, 5) is 32.1. The number of phenols is 1. The molecule has 2 saturated carbocycles. The van der Waals surface area contributed by atoms with Crippen molar-refractivity contribution in [2.75, 3.05) is 26.7 Å². The Kier molecular flexibility index (Phi) is 12.7. The average molecular weight is 844 g/mol. The van der Waals surface area contributed by atoms with E-state index in [1.54, 1.807) is 24.3 Å². The van der Waals surface area contributed by atoms with E-state index in [9.17, 15) is 19.8 Å². The topological polar surface area (TPSA) is 133 Å². The molecule has 3 aromatic heterocycles. The maximum atomic E-state index is 13.7. The molecule has 4 unspecified atom stereocenters. The number of carbonyl (C=O) groups excluding carboxylic acids is 1. The van der Waals surface area contributed by atoms with Crippen molar-refractivity contribution < 1.29 is 28.9 Å². The van der Waals surface area contributed by atoms with Gasteiger partial charge in [-0.3, -0.25) is 4.79 Å². The van der Waals surface area contributed by atoms with Gasteiger partial charge in [-0.25, -0.2) is 4.79 Å². The minimum atomic E-state index is -2.19. The molecular formula is C45H57N3O7S2Si. The van der Waals surface area contributed by atoms with Crippen molar-refractivity contribution in [1.82, 2.24) is 15.2 Å². The summed E-state index contributed by atoms with van der Waals surface area (Å²) in [6, 6.07) is 22.6. The van der Waals surface area contributed by atoms with Crippen molar-refractivity contribution >= 4 is 47.9 Å². The molecule has 2 bridgehead atoms. The number of H-pyrrole nitrogens is 1. The number of benzene rings is 2. The monoisotopic (exact) mass is 843 g/mol. The summed E-state index contributed by atoms with van der Waals surface area (Å²) in [7, 11) is -0.0179. The number of pyridine rings is 1. The molecule has 5 atom stereocenters. The molecule has 0 spiro atoms. The second-order valence-electron chi connectivity index (χ2n) is 17.4. The van der Waals surface area contributed by atoms with E-state index in [4.69, 9.17) is 13.9 Å². The zero-order valence-electron chi connectivity index (χ0n) is 34.3. The van der Waals surface area contributed by atoms with E-state index in [0.29, 0.717) is 46.9 Å². The molecule has 2 aliphatic rings. The van der Waals surface area contributed by atoms with Crippen LogP contribution in [0, 0.1) is 11.8 Å².